The number of phenolic OH excluding ortho intramolecular Hbond substituents is 3. The van der Waals surface area contributed by atoms with Crippen molar-refractivity contribution >= 4 is 0 Å². The smallest absolute Gasteiger partial charge is 0.172 e. The van der Waals surface area contributed by atoms with Crippen LogP contribution in [-0.2, 0) is 0 Å². The molecule has 0 atom stereocenters. The average molecular weight is 437 g/mol. The number of allylic oxidation sites excluding steroid dienone is 1. The Morgan fingerprint density at radius 3 is 2.06 bits per heavy atom. The molecule has 0 aliphatic rings. The van der Waals surface area contributed by atoms with Crippen molar-refractivity contribution in [1.29, 1.82) is 0 Å². The summed E-state index contributed by atoms with van der Waals surface area (Å²) in [5, 5.41) is 30.9. The molecule has 0 aliphatic heterocycles. The van der Waals surface area contributed by atoms with Crippen LogP contribution in [0.1, 0.15) is 20.3 Å². The zero-order valence-electron chi connectivity index (χ0n) is 18.7. The van der Waals surface area contributed by atoms with E-state index < -0.39 is 0 Å². The molecule has 0 amide bonds. The molecule has 3 rings (SSSR count). The minimum absolute atomic E-state index is 0.0391. The fourth-order valence-corrected chi connectivity index (χ4v) is 3.47. The Balaban J connectivity index is 2.01. The van der Waals surface area contributed by atoms with Crippen molar-refractivity contribution in [3.05, 3.63) is 60.2 Å². The Morgan fingerprint density at radius 2 is 1.47 bits per heavy atom. The minimum Gasteiger partial charge on any atom is -0.508 e. The van der Waals surface area contributed by atoms with Crippen molar-refractivity contribution in [3.8, 4) is 56.8 Å². The fraction of sp³-hybridized carbons (Fsp3) is 0.231. The Kier molecular flexibility index (Phi) is 7.15. The third-order valence-corrected chi connectivity index (χ3v) is 4.98. The van der Waals surface area contributed by atoms with Gasteiger partial charge < -0.3 is 29.5 Å². The van der Waals surface area contributed by atoms with E-state index in [4.69, 9.17) is 14.2 Å². The predicted octanol–water partition coefficient (Wildman–Crippen LogP) is 5.89. The molecule has 3 aromatic rings. The number of rotatable bonds is 8. The summed E-state index contributed by atoms with van der Waals surface area (Å²) in [5.41, 5.74) is 3.49. The van der Waals surface area contributed by atoms with Gasteiger partial charge in [0.2, 0.25) is 0 Å². The highest BCUT2D eigenvalue weighted by atomic mass is 16.5. The van der Waals surface area contributed by atoms with Crippen LogP contribution in [0.4, 0.5) is 0 Å². The van der Waals surface area contributed by atoms with Crippen molar-refractivity contribution in [2.24, 2.45) is 0 Å². The van der Waals surface area contributed by atoms with Crippen molar-refractivity contribution in [3.63, 3.8) is 0 Å². The van der Waals surface area contributed by atoms with Gasteiger partial charge in [-0.3, -0.25) is 0 Å². The van der Waals surface area contributed by atoms with Crippen LogP contribution >= 0.6 is 0 Å². The van der Waals surface area contributed by atoms with Gasteiger partial charge in [0.05, 0.1) is 26.4 Å². The van der Waals surface area contributed by atoms with Gasteiger partial charge in [0.15, 0.2) is 23.0 Å². The normalized spacial score (nSPS) is 10.5. The lowest BCUT2D eigenvalue weighted by Gasteiger charge is -2.19. The topological polar surface area (TPSA) is 88.4 Å². The molecule has 3 aromatic carbocycles. The first kappa shape index (κ1) is 22.9. The molecule has 0 fully saturated rings. The third-order valence-electron chi connectivity index (χ3n) is 4.98. The Hall–Kier alpha value is -3.80. The van der Waals surface area contributed by atoms with Crippen molar-refractivity contribution in [2.45, 2.75) is 20.3 Å². The zero-order chi connectivity index (χ0) is 23.3. The van der Waals surface area contributed by atoms with E-state index in [0.29, 0.717) is 40.5 Å². The lowest BCUT2D eigenvalue weighted by atomic mass is 9.96. The number of hydrogen-bond donors (Lipinski definition) is 3. The molecular formula is C26H28O6. The largest absolute Gasteiger partial charge is 0.508 e. The molecule has 168 valence electrons. The molecule has 3 N–H and O–H groups in total. The number of hydrogen-bond acceptors (Lipinski definition) is 6. The van der Waals surface area contributed by atoms with E-state index in [1.807, 2.05) is 13.8 Å². The van der Waals surface area contributed by atoms with E-state index in [9.17, 15) is 15.3 Å². The van der Waals surface area contributed by atoms with Crippen LogP contribution in [-0.4, -0.2) is 36.1 Å². The molecule has 6 heteroatoms. The van der Waals surface area contributed by atoms with E-state index in [1.165, 1.54) is 25.9 Å². The van der Waals surface area contributed by atoms with Gasteiger partial charge in [-0.25, -0.2) is 0 Å². The van der Waals surface area contributed by atoms with Crippen LogP contribution in [0.5, 0.6) is 34.5 Å². The van der Waals surface area contributed by atoms with Gasteiger partial charge in [-0.05, 0) is 61.7 Å². The Labute approximate surface area is 187 Å². The summed E-state index contributed by atoms with van der Waals surface area (Å²) in [6.45, 7) is 4.49. The molecule has 0 radical (unpaired) electrons. The van der Waals surface area contributed by atoms with Gasteiger partial charge in [0, 0.05) is 5.56 Å². The van der Waals surface area contributed by atoms with E-state index in [2.05, 4.69) is 6.08 Å². The van der Waals surface area contributed by atoms with Crippen molar-refractivity contribution in [1.82, 2.24) is 0 Å². The van der Waals surface area contributed by atoms with Crippen molar-refractivity contribution in [2.75, 3.05) is 20.8 Å². The number of methoxy groups -OCH3 is 2. The zero-order valence-corrected chi connectivity index (χ0v) is 18.7. The highest BCUT2D eigenvalue weighted by Crippen LogP contribution is 2.50. The fourth-order valence-electron chi connectivity index (χ4n) is 3.47. The summed E-state index contributed by atoms with van der Waals surface area (Å²) in [4.78, 5) is 0. The summed E-state index contributed by atoms with van der Waals surface area (Å²) in [7, 11) is 3.01. The summed E-state index contributed by atoms with van der Waals surface area (Å²) >= 11 is 0. The summed E-state index contributed by atoms with van der Waals surface area (Å²) in [6.07, 6.45) is 2.81. The monoisotopic (exact) mass is 436 g/mol. The summed E-state index contributed by atoms with van der Waals surface area (Å²) in [5.74, 6) is 1.17. The molecule has 6 nitrogen and oxygen atoms in total. The SMILES string of the molecule is COc1c(-c2ccc(O)cc2)cc(O)c(-c2ccc(OCCC=C(C)C)c(O)c2)c1OC. The van der Waals surface area contributed by atoms with Crippen LogP contribution in [0.15, 0.2) is 60.2 Å². The highest BCUT2D eigenvalue weighted by molar-refractivity contribution is 5.88. The minimum atomic E-state index is -0.0395. The van der Waals surface area contributed by atoms with E-state index >= 15 is 0 Å². The maximum absolute atomic E-state index is 10.9. The van der Waals surface area contributed by atoms with Gasteiger partial charge in [-0.15, -0.1) is 0 Å². The van der Waals surface area contributed by atoms with Gasteiger partial charge >= 0.3 is 0 Å². The van der Waals surface area contributed by atoms with Crippen LogP contribution in [0.25, 0.3) is 22.3 Å². The molecule has 0 heterocycles. The quantitative estimate of drug-likeness (QED) is 0.301. The average Bonchev–Trinajstić information content (AvgIpc) is 2.77. The number of phenols is 3. The number of ether oxygens (including phenoxy) is 3. The maximum atomic E-state index is 10.9. The second-order valence-corrected chi connectivity index (χ2v) is 7.53. The molecule has 0 aromatic heterocycles. The Bertz CT molecular complexity index is 1110. The molecule has 32 heavy (non-hydrogen) atoms. The molecule has 0 unspecified atom stereocenters. The second-order valence-electron chi connectivity index (χ2n) is 7.53. The lowest BCUT2D eigenvalue weighted by molar-refractivity contribution is 0.305. The van der Waals surface area contributed by atoms with Gasteiger partial charge in [-0.2, -0.15) is 0 Å². The summed E-state index contributed by atoms with van der Waals surface area (Å²) in [6, 6.07) is 13.1. The molecule has 0 aliphatic carbocycles. The predicted molar refractivity (Wildman–Crippen MR) is 125 cm³/mol. The van der Waals surface area contributed by atoms with E-state index in [0.717, 1.165) is 12.0 Å². The summed E-state index contributed by atoms with van der Waals surface area (Å²) < 4.78 is 16.9. The standard InChI is InChI=1S/C26H28O6/c1-16(2)6-5-13-32-23-12-9-18(14-21(23)28)24-22(29)15-20(25(30-3)26(24)31-4)17-7-10-19(27)11-8-17/h6-12,14-15,27-29H,5,13H2,1-4H3. The molecule has 0 bridgehead atoms. The molecular weight excluding hydrogens is 408 g/mol. The van der Waals surface area contributed by atoms with Crippen LogP contribution in [0, 0.1) is 0 Å². The van der Waals surface area contributed by atoms with Gasteiger partial charge in [0.1, 0.15) is 11.5 Å². The van der Waals surface area contributed by atoms with Crippen LogP contribution in [0.3, 0.4) is 0 Å². The maximum Gasteiger partial charge on any atom is 0.172 e. The van der Waals surface area contributed by atoms with Crippen molar-refractivity contribution < 1.29 is 29.5 Å². The molecule has 0 saturated carbocycles. The molecule has 0 saturated heterocycles. The van der Waals surface area contributed by atoms with E-state index in [-0.39, 0.29) is 17.2 Å². The second kappa shape index (κ2) is 10.0. The van der Waals surface area contributed by atoms with Crippen LogP contribution < -0.4 is 14.2 Å². The third kappa shape index (κ3) is 4.91. The number of benzene rings is 3. The first-order valence-electron chi connectivity index (χ1n) is 10.2. The lowest BCUT2D eigenvalue weighted by Crippen LogP contribution is -1.98. The van der Waals surface area contributed by atoms with Crippen LogP contribution in [0.2, 0.25) is 0 Å². The Morgan fingerprint density at radius 1 is 0.812 bits per heavy atom. The van der Waals surface area contributed by atoms with Gasteiger partial charge in [-0.1, -0.05) is 29.8 Å². The highest BCUT2D eigenvalue weighted by Gasteiger charge is 2.23. The first-order valence-corrected chi connectivity index (χ1v) is 10.2. The molecule has 0 spiro atoms. The number of aromatic hydroxyl groups is 3. The van der Waals surface area contributed by atoms with Gasteiger partial charge in [0.25, 0.3) is 0 Å². The van der Waals surface area contributed by atoms with E-state index in [1.54, 1.807) is 42.5 Å². The first-order chi connectivity index (χ1) is 15.3.